The lowest BCUT2D eigenvalue weighted by atomic mass is 9.76. The molecule has 100 valence electrons. The summed E-state index contributed by atoms with van der Waals surface area (Å²) in [6, 6.07) is 0. The van der Waals surface area contributed by atoms with Gasteiger partial charge in [0.2, 0.25) is 10.0 Å². The van der Waals surface area contributed by atoms with E-state index >= 15 is 0 Å². The summed E-state index contributed by atoms with van der Waals surface area (Å²) in [5, 5.41) is 3.27. The summed E-state index contributed by atoms with van der Waals surface area (Å²) in [5.41, 5.74) is -0.105. The summed E-state index contributed by atoms with van der Waals surface area (Å²) < 4.78 is 27.2. The van der Waals surface area contributed by atoms with Crippen LogP contribution in [0.5, 0.6) is 0 Å². The number of sulfonamides is 1. The maximum Gasteiger partial charge on any atom is 0.212 e. The first-order valence-electron chi connectivity index (χ1n) is 6.78. The molecule has 0 spiro atoms. The van der Waals surface area contributed by atoms with Gasteiger partial charge in [-0.3, -0.25) is 0 Å². The van der Waals surface area contributed by atoms with E-state index in [1.165, 1.54) is 0 Å². The second-order valence-corrected chi connectivity index (χ2v) is 7.33. The highest BCUT2D eigenvalue weighted by molar-refractivity contribution is 7.89. The van der Waals surface area contributed by atoms with Crippen molar-refractivity contribution >= 4 is 10.0 Å². The Kier molecular flexibility index (Phi) is 4.10. The molecule has 1 heterocycles. The third-order valence-electron chi connectivity index (χ3n) is 4.27. The topological polar surface area (TPSA) is 58.2 Å². The van der Waals surface area contributed by atoms with E-state index in [1.54, 1.807) is 0 Å². The molecular weight excluding hydrogens is 236 g/mol. The molecule has 1 aliphatic heterocycles. The molecule has 0 unspecified atom stereocenters. The van der Waals surface area contributed by atoms with Crippen LogP contribution in [0.2, 0.25) is 0 Å². The zero-order valence-electron chi connectivity index (χ0n) is 10.7. The Balaban J connectivity index is 1.89. The van der Waals surface area contributed by atoms with E-state index in [9.17, 15) is 8.42 Å². The average Bonchev–Trinajstić information content (AvgIpc) is 2.24. The van der Waals surface area contributed by atoms with Crippen molar-refractivity contribution in [2.75, 3.05) is 18.8 Å². The second-order valence-electron chi connectivity index (χ2n) is 5.56. The molecule has 17 heavy (non-hydrogen) atoms. The summed E-state index contributed by atoms with van der Waals surface area (Å²) in [6.07, 6.45) is 6.06. The Bertz CT molecular complexity index is 338. The molecule has 5 heteroatoms. The Morgan fingerprint density at radius 2 is 1.94 bits per heavy atom. The minimum Gasteiger partial charge on any atom is -0.317 e. The summed E-state index contributed by atoms with van der Waals surface area (Å²) in [4.78, 5) is 0. The van der Waals surface area contributed by atoms with E-state index in [1.807, 2.05) is 0 Å². The van der Waals surface area contributed by atoms with Crippen LogP contribution in [0.4, 0.5) is 0 Å². The van der Waals surface area contributed by atoms with Gasteiger partial charge < -0.3 is 5.32 Å². The third-order valence-corrected chi connectivity index (χ3v) is 5.93. The van der Waals surface area contributed by atoms with Crippen LogP contribution in [0.1, 0.15) is 45.4 Å². The highest BCUT2D eigenvalue weighted by atomic mass is 32.2. The summed E-state index contributed by atoms with van der Waals surface area (Å²) in [7, 11) is -3.09. The van der Waals surface area contributed by atoms with Crippen LogP contribution in [0.25, 0.3) is 0 Å². The van der Waals surface area contributed by atoms with E-state index in [2.05, 4.69) is 17.0 Å². The summed E-state index contributed by atoms with van der Waals surface area (Å²) in [5.74, 6) is 0.652. The normalized spacial score (nSPS) is 25.5. The summed E-state index contributed by atoms with van der Waals surface area (Å²) in [6.45, 7) is 3.99. The molecule has 2 fully saturated rings. The molecule has 0 amide bonds. The van der Waals surface area contributed by atoms with Gasteiger partial charge in [-0.15, -0.1) is 0 Å². The van der Waals surface area contributed by atoms with Crippen LogP contribution in [-0.2, 0) is 10.0 Å². The maximum atomic E-state index is 12.1. The van der Waals surface area contributed by atoms with Crippen molar-refractivity contribution in [1.82, 2.24) is 10.0 Å². The zero-order chi connectivity index (χ0) is 12.4. The third kappa shape index (κ3) is 3.42. The fourth-order valence-corrected chi connectivity index (χ4v) is 4.91. The molecule has 2 rings (SSSR count). The average molecular weight is 260 g/mol. The van der Waals surface area contributed by atoms with Crippen LogP contribution in [0.15, 0.2) is 0 Å². The molecule has 0 aromatic rings. The molecule has 0 aromatic carbocycles. The lowest BCUT2D eigenvalue weighted by molar-refractivity contribution is 0.213. The zero-order valence-corrected chi connectivity index (χ0v) is 11.5. The van der Waals surface area contributed by atoms with Gasteiger partial charge in [0.25, 0.3) is 0 Å². The standard InChI is InChI=1S/C12H24N2O2S/c1-2-12(6-3-7-12)14-17(15,16)10-11-4-8-13-9-5-11/h11,13-14H,2-10H2,1H3. The fraction of sp³-hybridized carbons (Fsp3) is 1.00. The fourth-order valence-electron chi connectivity index (χ4n) is 2.86. The van der Waals surface area contributed by atoms with Gasteiger partial charge in [-0.05, 0) is 57.5 Å². The quantitative estimate of drug-likeness (QED) is 0.782. The monoisotopic (exact) mass is 260 g/mol. The van der Waals surface area contributed by atoms with E-state index in [0.717, 1.165) is 51.6 Å². The van der Waals surface area contributed by atoms with Crippen LogP contribution >= 0.6 is 0 Å². The Morgan fingerprint density at radius 1 is 1.29 bits per heavy atom. The molecule has 2 N–H and O–H groups in total. The van der Waals surface area contributed by atoms with Gasteiger partial charge in [-0.25, -0.2) is 13.1 Å². The van der Waals surface area contributed by atoms with E-state index in [0.29, 0.717) is 11.7 Å². The second kappa shape index (κ2) is 5.24. The lowest BCUT2D eigenvalue weighted by Crippen LogP contribution is -2.54. The van der Waals surface area contributed by atoms with Gasteiger partial charge in [-0.2, -0.15) is 0 Å². The van der Waals surface area contributed by atoms with Gasteiger partial charge in [0, 0.05) is 5.54 Å². The maximum absolute atomic E-state index is 12.1. The van der Waals surface area contributed by atoms with Gasteiger partial charge in [0.15, 0.2) is 0 Å². The van der Waals surface area contributed by atoms with Crippen molar-refractivity contribution in [2.24, 2.45) is 5.92 Å². The molecule has 0 aromatic heterocycles. The predicted octanol–water partition coefficient (Wildman–Crippen LogP) is 1.24. The number of hydrogen-bond acceptors (Lipinski definition) is 3. The van der Waals surface area contributed by atoms with Gasteiger partial charge in [0.1, 0.15) is 0 Å². The van der Waals surface area contributed by atoms with E-state index in [-0.39, 0.29) is 5.54 Å². The first kappa shape index (κ1) is 13.3. The van der Waals surface area contributed by atoms with E-state index < -0.39 is 10.0 Å². The Labute approximate surface area is 105 Å². The molecule has 0 atom stereocenters. The van der Waals surface area contributed by atoms with Crippen LogP contribution < -0.4 is 10.0 Å². The highest BCUT2D eigenvalue weighted by Crippen LogP contribution is 2.35. The molecule has 1 saturated heterocycles. The van der Waals surface area contributed by atoms with E-state index in [4.69, 9.17) is 0 Å². The first-order chi connectivity index (χ1) is 8.05. The molecule has 4 nitrogen and oxygen atoms in total. The van der Waals surface area contributed by atoms with Crippen molar-refractivity contribution in [3.8, 4) is 0 Å². The van der Waals surface area contributed by atoms with Crippen molar-refractivity contribution in [1.29, 1.82) is 0 Å². The molecule has 2 aliphatic rings. The number of nitrogens with one attached hydrogen (secondary N) is 2. The van der Waals surface area contributed by atoms with Gasteiger partial charge >= 0.3 is 0 Å². The number of rotatable bonds is 5. The Hall–Kier alpha value is -0.130. The molecule has 0 radical (unpaired) electrons. The van der Waals surface area contributed by atoms with Crippen LogP contribution in [-0.4, -0.2) is 32.8 Å². The number of piperidine rings is 1. The molecule has 1 aliphatic carbocycles. The van der Waals surface area contributed by atoms with Crippen molar-refractivity contribution in [3.63, 3.8) is 0 Å². The van der Waals surface area contributed by atoms with Gasteiger partial charge in [-0.1, -0.05) is 6.92 Å². The Morgan fingerprint density at radius 3 is 2.41 bits per heavy atom. The molecule has 1 saturated carbocycles. The summed E-state index contributed by atoms with van der Waals surface area (Å²) >= 11 is 0. The van der Waals surface area contributed by atoms with Crippen molar-refractivity contribution in [2.45, 2.75) is 51.0 Å². The van der Waals surface area contributed by atoms with Crippen LogP contribution in [0, 0.1) is 5.92 Å². The predicted molar refractivity (Wildman–Crippen MR) is 69.4 cm³/mol. The molecular formula is C12H24N2O2S. The van der Waals surface area contributed by atoms with Crippen molar-refractivity contribution < 1.29 is 8.42 Å². The van der Waals surface area contributed by atoms with Crippen molar-refractivity contribution in [3.05, 3.63) is 0 Å². The lowest BCUT2D eigenvalue weighted by Gasteiger charge is -2.41. The minimum atomic E-state index is -3.09. The van der Waals surface area contributed by atoms with Crippen LogP contribution in [0.3, 0.4) is 0 Å². The van der Waals surface area contributed by atoms with Gasteiger partial charge in [0.05, 0.1) is 5.75 Å². The SMILES string of the molecule is CCC1(NS(=O)(=O)CC2CCNCC2)CCC1. The smallest absolute Gasteiger partial charge is 0.212 e. The minimum absolute atomic E-state index is 0.105. The highest BCUT2D eigenvalue weighted by Gasteiger charge is 2.39. The number of hydrogen-bond donors (Lipinski definition) is 2. The first-order valence-corrected chi connectivity index (χ1v) is 8.43. The molecule has 0 bridgehead atoms. The largest absolute Gasteiger partial charge is 0.317 e.